The summed E-state index contributed by atoms with van der Waals surface area (Å²) in [6, 6.07) is 9.70. The molecule has 3 aromatic heterocycles. The number of carbonyl (C=O) groups is 1. The van der Waals surface area contributed by atoms with Crippen LogP contribution in [0.15, 0.2) is 42.5 Å². The van der Waals surface area contributed by atoms with Crippen molar-refractivity contribution in [1.29, 1.82) is 0 Å². The fourth-order valence-corrected chi connectivity index (χ4v) is 5.83. The minimum absolute atomic E-state index is 0.101. The SMILES string of the molecule is Cc1ccc(COc2nc(C3=CCN(Cc4nc5cc(C=O)sc5n4CC4CCO4)CC3)ccc2F)c(F)c1. The molecule has 2 aliphatic heterocycles. The predicted octanol–water partition coefficient (Wildman–Crippen LogP) is 5.55. The van der Waals surface area contributed by atoms with Crippen LogP contribution in [0, 0.1) is 18.6 Å². The van der Waals surface area contributed by atoms with Gasteiger partial charge in [-0.3, -0.25) is 9.69 Å². The Morgan fingerprint density at radius 3 is 2.77 bits per heavy atom. The molecular formula is C29H28F2N4O3S. The van der Waals surface area contributed by atoms with Crippen LogP contribution in [0.2, 0.25) is 0 Å². The molecule has 0 N–H and O–H groups in total. The van der Waals surface area contributed by atoms with Crippen molar-refractivity contribution >= 4 is 33.5 Å². The first kappa shape index (κ1) is 25.8. The fourth-order valence-electron chi connectivity index (χ4n) is 4.89. The molecule has 1 aromatic carbocycles. The van der Waals surface area contributed by atoms with Gasteiger partial charge in [-0.2, -0.15) is 0 Å². The van der Waals surface area contributed by atoms with Gasteiger partial charge >= 0.3 is 0 Å². The molecule has 7 nitrogen and oxygen atoms in total. The van der Waals surface area contributed by atoms with Crippen molar-refractivity contribution in [2.24, 2.45) is 0 Å². The highest BCUT2D eigenvalue weighted by molar-refractivity contribution is 7.20. The number of aldehydes is 1. The van der Waals surface area contributed by atoms with Crippen molar-refractivity contribution < 1.29 is 23.0 Å². The molecule has 6 rings (SSSR count). The Morgan fingerprint density at radius 1 is 1.18 bits per heavy atom. The van der Waals surface area contributed by atoms with Crippen LogP contribution in [-0.2, 0) is 24.4 Å². The van der Waals surface area contributed by atoms with E-state index in [2.05, 4.69) is 20.5 Å². The lowest BCUT2D eigenvalue weighted by molar-refractivity contribution is -0.0591. The molecule has 10 heteroatoms. The predicted molar refractivity (Wildman–Crippen MR) is 145 cm³/mol. The molecule has 5 heterocycles. The van der Waals surface area contributed by atoms with Crippen molar-refractivity contribution in [1.82, 2.24) is 19.4 Å². The maximum atomic E-state index is 14.4. The molecule has 0 amide bonds. The maximum Gasteiger partial charge on any atom is 0.251 e. The molecule has 202 valence electrons. The number of benzene rings is 1. The molecule has 0 bridgehead atoms. The summed E-state index contributed by atoms with van der Waals surface area (Å²) < 4.78 is 42.0. The Hall–Kier alpha value is -3.47. The van der Waals surface area contributed by atoms with E-state index in [1.165, 1.54) is 23.5 Å². The third kappa shape index (κ3) is 5.50. The van der Waals surface area contributed by atoms with Crippen LogP contribution in [0.4, 0.5) is 8.78 Å². The van der Waals surface area contributed by atoms with Gasteiger partial charge in [0.2, 0.25) is 0 Å². The van der Waals surface area contributed by atoms with E-state index in [1.54, 1.807) is 18.2 Å². The van der Waals surface area contributed by atoms with Crippen molar-refractivity contribution in [3.05, 3.63) is 81.6 Å². The number of aryl methyl sites for hydroxylation is 1. The van der Waals surface area contributed by atoms with E-state index in [1.807, 2.05) is 13.0 Å². The second-order valence-electron chi connectivity index (χ2n) is 9.96. The van der Waals surface area contributed by atoms with Gasteiger partial charge in [-0.05, 0) is 55.2 Å². The summed E-state index contributed by atoms with van der Waals surface area (Å²) in [5, 5.41) is 0. The van der Waals surface area contributed by atoms with Gasteiger partial charge in [-0.1, -0.05) is 18.2 Å². The Labute approximate surface area is 228 Å². The van der Waals surface area contributed by atoms with E-state index in [0.717, 1.165) is 66.1 Å². The van der Waals surface area contributed by atoms with Gasteiger partial charge in [0.1, 0.15) is 28.6 Å². The Balaban J connectivity index is 1.14. The number of aromatic nitrogens is 3. The van der Waals surface area contributed by atoms with Crippen LogP contribution in [0.5, 0.6) is 5.88 Å². The number of fused-ring (bicyclic) bond motifs is 1. The third-order valence-corrected chi connectivity index (χ3v) is 8.26. The molecule has 2 aliphatic rings. The molecule has 4 aromatic rings. The van der Waals surface area contributed by atoms with Gasteiger partial charge in [0.25, 0.3) is 5.88 Å². The number of nitrogens with zero attached hydrogens (tertiary/aromatic N) is 4. The first-order valence-electron chi connectivity index (χ1n) is 13.0. The van der Waals surface area contributed by atoms with E-state index in [4.69, 9.17) is 14.5 Å². The van der Waals surface area contributed by atoms with Crippen LogP contribution >= 0.6 is 11.3 Å². The molecule has 1 atom stereocenters. The summed E-state index contributed by atoms with van der Waals surface area (Å²) in [6.07, 6.45) is 4.91. The summed E-state index contributed by atoms with van der Waals surface area (Å²) in [4.78, 5) is 24.5. The Bertz CT molecular complexity index is 1560. The number of rotatable bonds is 9. The lowest BCUT2D eigenvalue weighted by Gasteiger charge is -2.29. The van der Waals surface area contributed by atoms with Crippen LogP contribution in [-0.4, -0.2) is 51.5 Å². The van der Waals surface area contributed by atoms with Gasteiger partial charge < -0.3 is 14.0 Å². The van der Waals surface area contributed by atoms with E-state index in [-0.39, 0.29) is 24.4 Å². The molecule has 39 heavy (non-hydrogen) atoms. The molecule has 1 unspecified atom stereocenters. The number of pyridine rings is 1. The number of hydrogen-bond acceptors (Lipinski definition) is 7. The third-order valence-electron chi connectivity index (χ3n) is 7.19. The first-order chi connectivity index (χ1) is 19.0. The number of ether oxygens (including phenoxy) is 2. The average molecular weight is 551 g/mol. The molecule has 0 radical (unpaired) electrons. The minimum atomic E-state index is -0.579. The number of carbonyl (C=O) groups excluding carboxylic acids is 1. The van der Waals surface area contributed by atoms with Crippen molar-refractivity contribution in [3.63, 3.8) is 0 Å². The monoisotopic (exact) mass is 550 g/mol. The lowest BCUT2D eigenvalue weighted by atomic mass is 10.0. The molecule has 0 spiro atoms. The Kier molecular flexibility index (Phi) is 7.24. The summed E-state index contributed by atoms with van der Waals surface area (Å²) in [5.74, 6) is -0.137. The summed E-state index contributed by atoms with van der Waals surface area (Å²) in [7, 11) is 0. The van der Waals surface area contributed by atoms with E-state index in [9.17, 15) is 13.6 Å². The summed E-state index contributed by atoms with van der Waals surface area (Å²) >= 11 is 1.46. The van der Waals surface area contributed by atoms with Gasteiger partial charge in [-0.25, -0.2) is 18.7 Å². The minimum Gasteiger partial charge on any atom is -0.471 e. The standard InChI is InChI=1S/C29H28F2N4O3S/c1-18-2-3-20(24(31)12-18)17-38-28-23(30)4-5-25(33-28)19-6-9-34(10-7-19)15-27-32-26-13-22(16-36)39-29(26)35(27)14-21-8-11-37-21/h2-6,12-13,16,21H,7-11,14-15,17H2,1H3. The van der Waals surface area contributed by atoms with Crippen molar-refractivity contribution in [2.45, 2.75) is 45.6 Å². The lowest BCUT2D eigenvalue weighted by Crippen LogP contribution is -2.33. The second kappa shape index (κ2) is 11.0. The van der Waals surface area contributed by atoms with Crippen LogP contribution in [0.3, 0.4) is 0 Å². The highest BCUT2D eigenvalue weighted by atomic mass is 32.1. The quantitative estimate of drug-likeness (QED) is 0.255. The molecule has 1 fully saturated rings. The van der Waals surface area contributed by atoms with Crippen molar-refractivity contribution in [2.75, 3.05) is 19.7 Å². The second-order valence-corrected chi connectivity index (χ2v) is 11.0. The zero-order valence-corrected chi connectivity index (χ0v) is 22.3. The normalized spacial score (nSPS) is 17.7. The molecule has 1 saturated heterocycles. The van der Waals surface area contributed by atoms with Gasteiger partial charge in [0, 0.05) is 25.3 Å². The number of halogens is 2. The molecule has 0 aliphatic carbocycles. The number of thiophene rings is 1. The van der Waals surface area contributed by atoms with E-state index >= 15 is 0 Å². The number of imidazole rings is 1. The van der Waals surface area contributed by atoms with Crippen LogP contribution < -0.4 is 4.74 Å². The first-order valence-corrected chi connectivity index (χ1v) is 13.8. The van der Waals surface area contributed by atoms with Gasteiger partial charge in [-0.15, -0.1) is 11.3 Å². The van der Waals surface area contributed by atoms with Crippen LogP contribution in [0.25, 0.3) is 15.9 Å². The maximum absolute atomic E-state index is 14.4. The number of hydrogen-bond donors (Lipinski definition) is 0. The molecular weight excluding hydrogens is 522 g/mol. The zero-order chi connectivity index (χ0) is 26.9. The van der Waals surface area contributed by atoms with Gasteiger partial charge in [0.15, 0.2) is 12.1 Å². The topological polar surface area (TPSA) is 69.5 Å². The van der Waals surface area contributed by atoms with E-state index < -0.39 is 5.82 Å². The summed E-state index contributed by atoms with van der Waals surface area (Å²) in [5.41, 5.74) is 3.67. The smallest absolute Gasteiger partial charge is 0.251 e. The highest BCUT2D eigenvalue weighted by Gasteiger charge is 2.25. The van der Waals surface area contributed by atoms with E-state index in [0.29, 0.717) is 29.2 Å². The fraction of sp³-hybridized carbons (Fsp3) is 0.345. The zero-order valence-electron chi connectivity index (χ0n) is 21.5. The average Bonchev–Trinajstić information content (AvgIpc) is 3.44. The largest absolute Gasteiger partial charge is 0.471 e. The highest BCUT2D eigenvalue weighted by Crippen LogP contribution is 2.30. The molecule has 0 saturated carbocycles. The summed E-state index contributed by atoms with van der Waals surface area (Å²) in [6.45, 7) is 5.37. The van der Waals surface area contributed by atoms with Crippen molar-refractivity contribution in [3.8, 4) is 5.88 Å². The Morgan fingerprint density at radius 2 is 2.05 bits per heavy atom. The van der Waals surface area contributed by atoms with Gasteiger partial charge in [0.05, 0.1) is 29.8 Å². The van der Waals surface area contributed by atoms with Crippen LogP contribution in [0.1, 0.15) is 45.2 Å².